The number of benzene rings is 2. The number of sulfonamides is 1. The number of Topliss-reactive ketones (excluding diaryl/α,β-unsaturated/α-hetero) is 1. The molecule has 0 radical (unpaired) electrons. The zero-order chi connectivity index (χ0) is 24.6. The van der Waals surface area contributed by atoms with Gasteiger partial charge in [0.1, 0.15) is 0 Å². The van der Waals surface area contributed by atoms with E-state index in [-0.39, 0.29) is 21.5 Å². The van der Waals surface area contributed by atoms with Crippen molar-refractivity contribution in [3.63, 3.8) is 0 Å². The summed E-state index contributed by atoms with van der Waals surface area (Å²) in [6.45, 7) is 13.9. The van der Waals surface area contributed by atoms with Gasteiger partial charge < -0.3 is 0 Å². The summed E-state index contributed by atoms with van der Waals surface area (Å²) in [7, 11) is -3.77. The molecule has 0 atom stereocenters. The maximum absolute atomic E-state index is 13.2. The van der Waals surface area contributed by atoms with Crippen molar-refractivity contribution in [1.29, 1.82) is 0 Å². The fourth-order valence-electron chi connectivity index (χ4n) is 3.51. The second-order valence-electron chi connectivity index (χ2n) is 10.4. The molecule has 174 valence electrons. The minimum atomic E-state index is -3.77. The lowest BCUT2D eigenvalue weighted by Crippen LogP contribution is -2.29. The Morgan fingerprint density at radius 2 is 1.30 bits per heavy atom. The Bertz CT molecular complexity index is 1230. The molecule has 0 spiro atoms. The van der Waals surface area contributed by atoms with Gasteiger partial charge in [-0.3, -0.25) is 9.52 Å². The molecule has 2 aromatic carbocycles. The van der Waals surface area contributed by atoms with Crippen LogP contribution in [-0.4, -0.2) is 19.9 Å². The van der Waals surface area contributed by atoms with Crippen molar-refractivity contribution < 1.29 is 13.2 Å². The highest BCUT2D eigenvalue weighted by Gasteiger charge is 2.34. The number of ketones is 1. The van der Waals surface area contributed by atoms with E-state index in [1.54, 1.807) is 48.5 Å². The first-order chi connectivity index (χ1) is 15.2. The van der Waals surface area contributed by atoms with Gasteiger partial charge in [-0.25, -0.2) is 13.4 Å². The van der Waals surface area contributed by atoms with Crippen LogP contribution in [0.25, 0.3) is 0 Å². The number of anilines is 1. The van der Waals surface area contributed by atoms with Gasteiger partial charge in [0, 0.05) is 11.1 Å². The maximum atomic E-state index is 13.2. The van der Waals surface area contributed by atoms with E-state index in [1.807, 2.05) is 60.6 Å². The van der Waals surface area contributed by atoms with E-state index in [0.717, 1.165) is 5.56 Å². The number of nitrogens with one attached hydrogen (secondary N) is 1. The Balaban J connectivity index is 2.08. The highest BCUT2D eigenvalue weighted by atomic mass is 32.2. The largest absolute Gasteiger partial charge is 0.289 e. The number of rotatable bonds is 4. The van der Waals surface area contributed by atoms with E-state index in [9.17, 15) is 13.2 Å². The normalized spacial score (nSPS) is 15.1. The third-order valence-corrected chi connectivity index (χ3v) is 6.80. The molecule has 0 amide bonds. The number of hydrogen-bond acceptors (Lipinski definition) is 4. The van der Waals surface area contributed by atoms with Crippen LogP contribution in [0.15, 0.2) is 81.7 Å². The summed E-state index contributed by atoms with van der Waals surface area (Å²) in [6.07, 6.45) is 3.62. The second-order valence-corrected chi connectivity index (χ2v) is 12.1. The van der Waals surface area contributed by atoms with Crippen LogP contribution in [-0.2, 0) is 14.8 Å². The van der Waals surface area contributed by atoms with Crippen molar-refractivity contribution in [3.05, 3.63) is 77.4 Å². The van der Waals surface area contributed by atoms with Gasteiger partial charge in [-0.1, -0.05) is 71.4 Å². The monoisotopic (exact) mass is 464 g/mol. The van der Waals surface area contributed by atoms with Gasteiger partial charge in [0.25, 0.3) is 10.0 Å². The summed E-state index contributed by atoms with van der Waals surface area (Å²) in [5.41, 5.74) is 3.12. The number of para-hydroxylation sites is 2. The molecule has 5 nitrogen and oxygen atoms in total. The topological polar surface area (TPSA) is 75.6 Å². The highest BCUT2D eigenvalue weighted by Crippen LogP contribution is 2.38. The van der Waals surface area contributed by atoms with Crippen molar-refractivity contribution in [1.82, 2.24) is 0 Å². The summed E-state index contributed by atoms with van der Waals surface area (Å²) >= 11 is 0. The second kappa shape index (κ2) is 8.75. The van der Waals surface area contributed by atoms with Crippen LogP contribution < -0.4 is 4.72 Å². The number of nitrogens with zero attached hydrogens (tertiary/aromatic N) is 1. The standard InChI is InChI=1S/C27H32N2O3S/c1-18-12-14-20(15-13-18)33(31,32)29-24-11-9-8-10-23(24)28-19-16-21(26(2,3)4)25(30)22(17-19)27(5,6)7/h8-17,29H,1-7H3. The van der Waals surface area contributed by atoms with Gasteiger partial charge in [-0.05, 0) is 54.2 Å². The third kappa shape index (κ3) is 5.69. The molecule has 0 saturated heterocycles. The van der Waals surface area contributed by atoms with Crippen molar-refractivity contribution in [2.75, 3.05) is 4.72 Å². The number of allylic oxidation sites excluding steroid dienone is 4. The van der Waals surface area contributed by atoms with Gasteiger partial charge in [0.15, 0.2) is 5.78 Å². The molecule has 0 aliphatic heterocycles. The molecular weight excluding hydrogens is 432 g/mol. The van der Waals surface area contributed by atoms with E-state index in [2.05, 4.69) is 4.72 Å². The van der Waals surface area contributed by atoms with Gasteiger partial charge in [-0.15, -0.1) is 0 Å². The van der Waals surface area contributed by atoms with E-state index >= 15 is 0 Å². The average Bonchev–Trinajstić information content (AvgIpc) is 2.69. The summed E-state index contributed by atoms with van der Waals surface area (Å²) < 4.78 is 28.5. The summed E-state index contributed by atoms with van der Waals surface area (Å²) in [5.74, 6) is 0.0299. The highest BCUT2D eigenvalue weighted by molar-refractivity contribution is 7.92. The van der Waals surface area contributed by atoms with Crippen LogP contribution in [0, 0.1) is 17.8 Å². The van der Waals surface area contributed by atoms with E-state index in [1.165, 1.54) is 0 Å². The van der Waals surface area contributed by atoms with Crippen LogP contribution in [0.2, 0.25) is 0 Å². The molecule has 0 bridgehead atoms. The quantitative estimate of drug-likeness (QED) is 0.532. The zero-order valence-corrected chi connectivity index (χ0v) is 21.2. The molecule has 0 fully saturated rings. The van der Waals surface area contributed by atoms with Crippen LogP contribution in [0.3, 0.4) is 0 Å². The summed E-state index contributed by atoms with van der Waals surface area (Å²) in [5, 5.41) is 0. The Morgan fingerprint density at radius 1 is 0.788 bits per heavy atom. The van der Waals surface area contributed by atoms with Crippen molar-refractivity contribution in [2.24, 2.45) is 15.8 Å². The van der Waals surface area contributed by atoms with Crippen LogP contribution >= 0.6 is 0 Å². The Labute approximate surface area is 197 Å². The SMILES string of the molecule is Cc1ccc(S(=O)(=O)Nc2ccccc2N=C2C=C(C(C)(C)C)C(=O)C(C(C)(C)C)=C2)cc1. The van der Waals surface area contributed by atoms with E-state index in [0.29, 0.717) is 28.2 Å². The first kappa shape index (κ1) is 24.6. The fourth-order valence-corrected chi connectivity index (χ4v) is 4.58. The average molecular weight is 465 g/mol. The zero-order valence-electron chi connectivity index (χ0n) is 20.4. The first-order valence-corrected chi connectivity index (χ1v) is 12.4. The number of aryl methyl sites for hydroxylation is 1. The lowest BCUT2D eigenvalue weighted by Gasteiger charge is -2.31. The van der Waals surface area contributed by atoms with Gasteiger partial charge in [0.2, 0.25) is 0 Å². The molecule has 6 heteroatoms. The third-order valence-electron chi connectivity index (χ3n) is 5.42. The summed E-state index contributed by atoms with van der Waals surface area (Å²) in [4.78, 5) is 18.1. The molecule has 0 unspecified atom stereocenters. The van der Waals surface area contributed by atoms with Crippen LogP contribution in [0.1, 0.15) is 47.1 Å². The van der Waals surface area contributed by atoms with Gasteiger partial charge in [-0.2, -0.15) is 0 Å². The molecule has 2 aromatic rings. The molecule has 0 aromatic heterocycles. The smallest absolute Gasteiger partial charge is 0.261 e. The number of aliphatic imine (C=N–C) groups is 1. The minimum absolute atomic E-state index is 0.0299. The Hall–Kier alpha value is -2.99. The molecule has 0 saturated carbocycles. The predicted molar refractivity (Wildman–Crippen MR) is 136 cm³/mol. The number of carbonyl (C=O) groups excluding carboxylic acids is 1. The van der Waals surface area contributed by atoms with Crippen molar-refractivity contribution >= 4 is 32.9 Å². The van der Waals surface area contributed by atoms with Gasteiger partial charge in [0.05, 0.1) is 22.0 Å². The minimum Gasteiger partial charge on any atom is -0.289 e. The fraction of sp³-hybridized carbons (Fsp3) is 0.333. The first-order valence-electron chi connectivity index (χ1n) is 10.9. The van der Waals surface area contributed by atoms with Crippen LogP contribution in [0.4, 0.5) is 11.4 Å². The van der Waals surface area contributed by atoms with Gasteiger partial charge >= 0.3 is 0 Å². The van der Waals surface area contributed by atoms with Crippen molar-refractivity contribution in [2.45, 2.75) is 53.4 Å². The number of carbonyl (C=O) groups is 1. The lowest BCUT2D eigenvalue weighted by molar-refractivity contribution is -0.114. The Morgan fingerprint density at radius 3 is 1.82 bits per heavy atom. The van der Waals surface area contributed by atoms with E-state index in [4.69, 9.17) is 4.99 Å². The van der Waals surface area contributed by atoms with Crippen LogP contribution in [0.5, 0.6) is 0 Å². The van der Waals surface area contributed by atoms with Crippen molar-refractivity contribution in [3.8, 4) is 0 Å². The number of hydrogen-bond donors (Lipinski definition) is 1. The predicted octanol–water partition coefficient (Wildman–Crippen LogP) is 6.40. The maximum Gasteiger partial charge on any atom is 0.261 e. The molecule has 1 aliphatic rings. The molecule has 0 heterocycles. The molecule has 33 heavy (non-hydrogen) atoms. The molecule has 3 rings (SSSR count). The molecule has 1 N–H and O–H groups in total. The van der Waals surface area contributed by atoms with E-state index < -0.39 is 10.0 Å². The lowest BCUT2D eigenvalue weighted by atomic mass is 9.72. The Kier molecular flexibility index (Phi) is 6.53. The molecule has 1 aliphatic carbocycles. The summed E-state index contributed by atoms with van der Waals surface area (Å²) in [6, 6.07) is 13.7. The molecular formula is C27H32N2O3S.